The quantitative estimate of drug-likeness (QED) is 0.831. The second-order valence-corrected chi connectivity index (χ2v) is 7.51. The first-order chi connectivity index (χ1) is 12.1. The Morgan fingerprint density at radius 3 is 2.56 bits per heavy atom. The Bertz CT molecular complexity index is 736. The van der Waals surface area contributed by atoms with Crippen molar-refractivity contribution in [2.45, 2.75) is 50.5 Å². The zero-order valence-corrected chi connectivity index (χ0v) is 14.8. The van der Waals surface area contributed by atoms with Crippen molar-refractivity contribution in [3.63, 3.8) is 0 Å². The van der Waals surface area contributed by atoms with Gasteiger partial charge in [-0.25, -0.2) is 9.78 Å². The van der Waals surface area contributed by atoms with Gasteiger partial charge in [-0.3, -0.25) is 4.79 Å². The summed E-state index contributed by atoms with van der Waals surface area (Å²) >= 11 is 1.53. The molecule has 1 aromatic heterocycles. The largest absolute Gasteiger partial charge is 0.480 e. The van der Waals surface area contributed by atoms with Gasteiger partial charge in [-0.05, 0) is 18.4 Å². The summed E-state index contributed by atoms with van der Waals surface area (Å²) in [5.74, 6) is -1.19. The van der Waals surface area contributed by atoms with Gasteiger partial charge < -0.3 is 10.4 Å². The number of aromatic nitrogens is 1. The Labute approximate surface area is 151 Å². The van der Waals surface area contributed by atoms with Crippen molar-refractivity contribution in [3.05, 3.63) is 52.0 Å². The number of carbonyl (C=O) groups is 2. The first-order valence-corrected chi connectivity index (χ1v) is 9.47. The van der Waals surface area contributed by atoms with E-state index in [0.29, 0.717) is 18.5 Å². The number of carbonyl (C=O) groups excluding carboxylic acids is 1. The van der Waals surface area contributed by atoms with E-state index < -0.39 is 11.5 Å². The van der Waals surface area contributed by atoms with E-state index in [1.54, 1.807) is 0 Å². The lowest BCUT2D eigenvalue weighted by molar-refractivity contribution is -0.149. The van der Waals surface area contributed by atoms with E-state index in [1.807, 2.05) is 35.7 Å². The number of nitrogens with one attached hydrogen (secondary N) is 1. The van der Waals surface area contributed by atoms with Crippen LogP contribution >= 0.6 is 11.3 Å². The van der Waals surface area contributed by atoms with E-state index >= 15 is 0 Å². The maximum atomic E-state index is 12.3. The van der Waals surface area contributed by atoms with Crippen molar-refractivity contribution in [1.29, 1.82) is 0 Å². The Morgan fingerprint density at radius 2 is 1.88 bits per heavy atom. The summed E-state index contributed by atoms with van der Waals surface area (Å²) in [7, 11) is 0. The topological polar surface area (TPSA) is 79.3 Å². The molecular formula is C19H22N2O3S. The molecule has 1 amide bonds. The molecule has 2 N–H and O–H groups in total. The zero-order valence-electron chi connectivity index (χ0n) is 14.0. The summed E-state index contributed by atoms with van der Waals surface area (Å²) < 4.78 is 0. The van der Waals surface area contributed by atoms with Crippen LogP contribution in [-0.2, 0) is 22.4 Å². The van der Waals surface area contributed by atoms with Crippen molar-refractivity contribution in [3.8, 4) is 0 Å². The van der Waals surface area contributed by atoms with Crippen molar-refractivity contribution in [2.24, 2.45) is 0 Å². The smallest absolute Gasteiger partial charge is 0.329 e. The second-order valence-electron chi connectivity index (χ2n) is 6.57. The average molecular weight is 358 g/mol. The van der Waals surface area contributed by atoms with Crippen LogP contribution in [-0.4, -0.2) is 27.5 Å². The van der Waals surface area contributed by atoms with Crippen LogP contribution in [0.25, 0.3) is 0 Å². The summed E-state index contributed by atoms with van der Waals surface area (Å²) in [6.45, 7) is 0. The standard InChI is InChI=1S/C19H22N2O3S/c22-16(21-19(18(23)24)9-5-2-6-10-19)12-15-13-25-17(20-15)11-14-7-3-1-4-8-14/h1,3-4,7-8,13H,2,5-6,9-12H2,(H,21,22)(H,23,24). The Kier molecular flexibility index (Phi) is 5.48. The van der Waals surface area contributed by atoms with E-state index in [4.69, 9.17) is 0 Å². The predicted octanol–water partition coefficient (Wildman–Crippen LogP) is 3.18. The first-order valence-electron chi connectivity index (χ1n) is 8.59. The minimum atomic E-state index is -1.10. The molecule has 1 aromatic carbocycles. The molecule has 6 heteroatoms. The number of nitrogens with zero attached hydrogens (tertiary/aromatic N) is 1. The highest BCUT2D eigenvalue weighted by Gasteiger charge is 2.40. The van der Waals surface area contributed by atoms with Crippen LogP contribution in [0.5, 0.6) is 0 Å². The zero-order chi connectivity index (χ0) is 17.7. The lowest BCUT2D eigenvalue weighted by Gasteiger charge is -2.33. The molecule has 1 heterocycles. The van der Waals surface area contributed by atoms with E-state index in [9.17, 15) is 14.7 Å². The molecule has 132 valence electrons. The molecule has 1 fully saturated rings. The van der Waals surface area contributed by atoms with Crippen LogP contribution in [0.2, 0.25) is 0 Å². The number of rotatable bonds is 6. The van der Waals surface area contributed by atoms with Gasteiger partial charge in [0.15, 0.2) is 0 Å². The number of hydrogen-bond acceptors (Lipinski definition) is 4. The second kappa shape index (κ2) is 7.78. The van der Waals surface area contributed by atoms with Crippen LogP contribution in [0.4, 0.5) is 0 Å². The van der Waals surface area contributed by atoms with Gasteiger partial charge in [0.2, 0.25) is 5.91 Å². The number of benzene rings is 1. The molecule has 0 spiro atoms. The highest BCUT2D eigenvalue weighted by atomic mass is 32.1. The molecule has 0 unspecified atom stereocenters. The SMILES string of the molecule is O=C(Cc1csc(Cc2ccccc2)n1)NC1(C(=O)O)CCCCC1. The Morgan fingerprint density at radius 1 is 1.16 bits per heavy atom. The van der Waals surface area contributed by atoms with Crippen LogP contribution in [0.15, 0.2) is 35.7 Å². The summed E-state index contributed by atoms with van der Waals surface area (Å²) in [5.41, 5.74) is 0.780. The van der Waals surface area contributed by atoms with Crippen molar-refractivity contribution < 1.29 is 14.7 Å². The van der Waals surface area contributed by atoms with Gasteiger partial charge in [-0.1, -0.05) is 49.6 Å². The molecule has 1 saturated carbocycles. The van der Waals surface area contributed by atoms with Crippen molar-refractivity contribution in [1.82, 2.24) is 10.3 Å². The fourth-order valence-corrected chi connectivity index (χ4v) is 4.13. The van der Waals surface area contributed by atoms with Gasteiger partial charge in [-0.2, -0.15) is 0 Å². The van der Waals surface area contributed by atoms with Crippen molar-refractivity contribution >= 4 is 23.2 Å². The van der Waals surface area contributed by atoms with E-state index in [2.05, 4.69) is 10.3 Å². The van der Waals surface area contributed by atoms with Gasteiger partial charge in [-0.15, -0.1) is 11.3 Å². The van der Waals surface area contributed by atoms with Crippen LogP contribution in [0, 0.1) is 0 Å². The predicted molar refractivity (Wildman–Crippen MR) is 96.7 cm³/mol. The maximum Gasteiger partial charge on any atom is 0.329 e. The number of amides is 1. The Balaban J connectivity index is 1.60. The van der Waals surface area contributed by atoms with Gasteiger partial charge in [0.1, 0.15) is 5.54 Å². The van der Waals surface area contributed by atoms with Gasteiger partial charge in [0, 0.05) is 11.8 Å². The number of carboxylic acid groups (broad SMARTS) is 1. The fourth-order valence-electron chi connectivity index (χ4n) is 3.31. The summed E-state index contributed by atoms with van der Waals surface area (Å²) in [4.78, 5) is 28.5. The molecule has 3 rings (SSSR count). The molecule has 1 aliphatic carbocycles. The summed E-state index contributed by atoms with van der Waals surface area (Å²) in [6.07, 6.45) is 4.58. The van der Waals surface area contributed by atoms with E-state index in [0.717, 1.165) is 30.7 Å². The highest BCUT2D eigenvalue weighted by molar-refractivity contribution is 7.09. The van der Waals surface area contributed by atoms with Crippen LogP contribution < -0.4 is 5.32 Å². The van der Waals surface area contributed by atoms with Crippen molar-refractivity contribution in [2.75, 3.05) is 0 Å². The molecule has 1 aliphatic rings. The molecule has 5 nitrogen and oxygen atoms in total. The number of aliphatic carboxylic acids is 1. The number of carboxylic acids is 1. The van der Waals surface area contributed by atoms with Gasteiger partial charge in [0.05, 0.1) is 17.1 Å². The Hall–Kier alpha value is -2.21. The summed E-state index contributed by atoms with van der Waals surface area (Å²) in [5, 5.41) is 15.1. The van der Waals surface area contributed by atoms with E-state index in [1.165, 1.54) is 16.9 Å². The minimum Gasteiger partial charge on any atom is -0.480 e. The lowest BCUT2D eigenvalue weighted by Crippen LogP contribution is -2.56. The molecule has 0 radical (unpaired) electrons. The van der Waals surface area contributed by atoms with Crippen LogP contribution in [0.1, 0.15) is 48.4 Å². The molecule has 0 bridgehead atoms. The maximum absolute atomic E-state index is 12.3. The van der Waals surface area contributed by atoms with Gasteiger partial charge >= 0.3 is 5.97 Å². The normalized spacial score (nSPS) is 16.3. The highest BCUT2D eigenvalue weighted by Crippen LogP contribution is 2.28. The molecule has 0 atom stereocenters. The number of hydrogen-bond donors (Lipinski definition) is 2. The third-order valence-electron chi connectivity index (χ3n) is 4.63. The molecule has 2 aromatic rings. The molecule has 0 aliphatic heterocycles. The molecule has 0 saturated heterocycles. The first kappa shape index (κ1) is 17.6. The average Bonchev–Trinajstić information content (AvgIpc) is 3.03. The third kappa shape index (κ3) is 4.45. The third-order valence-corrected chi connectivity index (χ3v) is 5.53. The lowest BCUT2D eigenvalue weighted by atomic mass is 9.81. The molecule has 25 heavy (non-hydrogen) atoms. The van der Waals surface area contributed by atoms with Gasteiger partial charge in [0.25, 0.3) is 0 Å². The fraction of sp³-hybridized carbons (Fsp3) is 0.421. The summed E-state index contributed by atoms with van der Waals surface area (Å²) in [6, 6.07) is 10.1. The minimum absolute atomic E-state index is 0.125. The molecular weight excluding hydrogens is 336 g/mol. The van der Waals surface area contributed by atoms with E-state index in [-0.39, 0.29) is 12.3 Å². The number of thiazole rings is 1. The van der Waals surface area contributed by atoms with Crippen LogP contribution in [0.3, 0.4) is 0 Å². The monoisotopic (exact) mass is 358 g/mol.